The van der Waals surface area contributed by atoms with Crippen LogP contribution in [0.15, 0.2) is 53.3 Å². The number of likely N-dealkylation sites (N-methyl/N-ethyl adjacent to an activating group) is 1. The summed E-state index contributed by atoms with van der Waals surface area (Å²) < 4.78 is 0. The maximum absolute atomic E-state index is 12.8. The Balaban J connectivity index is 1.81. The Bertz CT molecular complexity index is 1080. The SMILES string of the molecule is Cc1cc2cc(CN(CC[NH+](C)C)C(=S)NCc3ccccc3)c(=O)[nH]c2cc1C. The van der Waals surface area contributed by atoms with Crippen LogP contribution in [0.3, 0.4) is 0 Å². The number of nitrogens with zero attached hydrogens (tertiary/aromatic N) is 1. The minimum atomic E-state index is -0.0567. The van der Waals surface area contributed by atoms with Crippen LogP contribution in [0.2, 0.25) is 0 Å². The maximum Gasteiger partial charge on any atom is 0.253 e. The molecule has 6 heteroatoms. The van der Waals surface area contributed by atoms with E-state index in [1.54, 1.807) is 0 Å². The zero-order chi connectivity index (χ0) is 21.7. The molecule has 158 valence electrons. The molecule has 3 aromatic rings. The normalized spacial score (nSPS) is 11.1. The Labute approximate surface area is 183 Å². The summed E-state index contributed by atoms with van der Waals surface area (Å²) in [4.78, 5) is 19.2. The van der Waals surface area contributed by atoms with Gasteiger partial charge in [0, 0.05) is 17.6 Å². The minimum Gasteiger partial charge on any atom is -0.358 e. The summed E-state index contributed by atoms with van der Waals surface area (Å²) in [6, 6.07) is 16.3. The molecule has 2 aromatic carbocycles. The van der Waals surface area contributed by atoms with Gasteiger partial charge < -0.3 is 20.1 Å². The van der Waals surface area contributed by atoms with E-state index in [0.717, 1.165) is 29.6 Å². The van der Waals surface area contributed by atoms with Crippen LogP contribution >= 0.6 is 12.2 Å². The fraction of sp³-hybridized carbons (Fsp3) is 0.333. The second-order valence-electron chi connectivity index (χ2n) is 8.17. The number of nitrogens with one attached hydrogen (secondary N) is 3. The number of thiocarbonyl (C=S) groups is 1. The summed E-state index contributed by atoms with van der Waals surface area (Å²) in [5.41, 5.74) is 5.11. The van der Waals surface area contributed by atoms with Gasteiger partial charge in [0.1, 0.15) is 0 Å². The fourth-order valence-electron chi connectivity index (χ4n) is 3.34. The number of pyridine rings is 1. The highest BCUT2D eigenvalue weighted by Crippen LogP contribution is 2.17. The van der Waals surface area contributed by atoms with E-state index >= 15 is 0 Å². The number of hydrogen-bond donors (Lipinski definition) is 3. The molecule has 5 nitrogen and oxygen atoms in total. The van der Waals surface area contributed by atoms with Crippen molar-refractivity contribution in [1.29, 1.82) is 0 Å². The van der Waals surface area contributed by atoms with E-state index in [9.17, 15) is 4.79 Å². The third-order valence-electron chi connectivity index (χ3n) is 5.35. The summed E-state index contributed by atoms with van der Waals surface area (Å²) in [5, 5.41) is 5.07. The Hall–Kier alpha value is -2.70. The lowest BCUT2D eigenvalue weighted by Gasteiger charge is -2.26. The molecule has 1 aromatic heterocycles. The average Bonchev–Trinajstić information content (AvgIpc) is 2.71. The molecular weight excluding hydrogens is 392 g/mol. The number of hydrogen-bond acceptors (Lipinski definition) is 2. The molecule has 3 N–H and O–H groups in total. The van der Waals surface area contributed by atoms with Gasteiger partial charge in [0.2, 0.25) is 0 Å². The van der Waals surface area contributed by atoms with Crippen molar-refractivity contribution in [1.82, 2.24) is 15.2 Å². The zero-order valence-corrected chi connectivity index (χ0v) is 19.0. The van der Waals surface area contributed by atoms with Gasteiger partial charge in [-0.3, -0.25) is 4.79 Å². The van der Waals surface area contributed by atoms with E-state index in [1.807, 2.05) is 30.3 Å². The second-order valence-corrected chi connectivity index (χ2v) is 8.56. The van der Waals surface area contributed by atoms with Crippen LogP contribution in [0.5, 0.6) is 0 Å². The van der Waals surface area contributed by atoms with Crippen LogP contribution in [0.4, 0.5) is 0 Å². The van der Waals surface area contributed by atoms with Gasteiger partial charge in [0.15, 0.2) is 5.11 Å². The lowest BCUT2D eigenvalue weighted by molar-refractivity contribution is -0.857. The Kier molecular flexibility index (Phi) is 7.24. The summed E-state index contributed by atoms with van der Waals surface area (Å²) in [7, 11) is 4.24. The number of fused-ring (bicyclic) bond motifs is 1. The summed E-state index contributed by atoms with van der Waals surface area (Å²) in [5.74, 6) is 0. The van der Waals surface area contributed by atoms with Gasteiger partial charge in [0.25, 0.3) is 5.56 Å². The van der Waals surface area contributed by atoms with E-state index in [0.29, 0.717) is 18.2 Å². The number of aryl methyl sites for hydroxylation is 2. The maximum atomic E-state index is 12.8. The molecule has 0 unspecified atom stereocenters. The van der Waals surface area contributed by atoms with E-state index < -0.39 is 0 Å². The molecule has 3 rings (SSSR count). The standard InChI is InChI=1S/C24H30N4OS/c1-17-12-20-14-21(23(29)26-22(20)13-18(17)2)16-28(11-10-27(3)4)24(30)25-15-19-8-6-5-7-9-19/h5-9,12-14H,10-11,15-16H2,1-4H3,(H,25,30)(H,26,29)/p+1. The molecule has 0 saturated heterocycles. The summed E-state index contributed by atoms with van der Waals surface area (Å²) in [6.07, 6.45) is 0. The van der Waals surface area contributed by atoms with Gasteiger partial charge in [-0.05, 0) is 66.3 Å². The van der Waals surface area contributed by atoms with Crippen LogP contribution in [0.1, 0.15) is 22.3 Å². The quantitative estimate of drug-likeness (QED) is 0.510. The molecule has 0 radical (unpaired) electrons. The van der Waals surface area contributed by atoms with Crippen LogP contribution in [0.25, 0.3) is 10.9 Å². The molecule has 0 spiro atoms. The predicted octanol–water partition coefficient (Wildman–Crippen LogP) is 2.17. The number of benzene rings is 2. The molecule has 0 fully saturated rings. The van der Waals surface area contributed by atoms with E-state index in [2.05, 4.69) is 61.3 Å². The largest absolute Gasteiger partial charge is 0.358 e. The highest BCUT2D eigenvalue weighted by Gasteiger charge is 2.15. The Morgan fingerprint density at radius 2 is 1.80 bits per heavy atom. The topological polar surface area (TPSA) is 52.6 Å². The molecule has 0 saturated carbocycles. The van der Waals surface area contributed by atoms with Crippen molar-refractivity contribution in [2.24, 2.45) is 0 Å². The minimum absolute atomic E-state index is 0.0567. The lowest BCUT2D eigenvalue weighted by atomic mass is 10.0. The molecule has 0 atom stereocenters. The van der Waals surface area contributed by atoms with Crippen molar-refractivity contribution < 1.29 is 4.90 Å². The van der Waals surface area contributed by atoms with Gasteiger partial charge in [0.05, 0.1) is 33.7 Å². The number of rotatable bonds is 7. The van der Waals surface area contributed by atoms with E-state index in [4.69, 9.17) is 12.2 Å². The second kappa shape index (κ2) is 9.87. The summed E-state index contributed by atoms with van der Waals surface area (Å²) in [6.45, 7) is 6.99. The average molecular weight is 424 g/mol. The van der Waals surface area contributed by atoms with Gasteiger partial charge in [-0.25, -0.2) is 0 Å². The van der Waals surface area contributed by atoms with Crippen LogP contribution in [-0.4, -0.2) is 42.2 Å². The third-order valence-corrected chi connectivity index (χ3v) is 5.75. The molecule has 0 amide bonds. The number of quaternary nitrogens is 1. The first-order chi connectivity index (χ1) is 14.3. The van der Waals surface area contributed by atoms with E-state index in [-0.39, 0.29) is 5.56 Å². The van der Waals surface area contributed by atoms with Crippen molar-refractivity contribution in [2.45, 2.75) is 26.9 Å². The van der Waals surface area contributed by atoms with Crippen molar-refractivity contribution >= 4 is 28.2 Å². The van der Waals surface area contributed by atoms with Gasteiger partial charge in [-0.2, -0.15) is 0 Å². The van der Waals surface area contributed by atoms with Gasteiger partial charge >= 0.3 is 0 Å². The van der Waals surface area contributed by atoms with Gasteiger partial charge in [-0.15, -0.1) is 0 Å². The molecule has 0 bridgehead atoms. The lowest BCUT2D eigenvalue weighted by Crippen LogP contribution is -3.06. The first-order valence-corrected chi connectivity index (χ1v) is 10.7. The molecule has 0 aliphatic carbocycles. The first-order valence-electron chi connectivity index (χ1n) is 10.3. The smallest absolute Gasteiger partial charge is 0.253 e. The highest BCUT2D eigenvalue weighted by atomic mass is 32.1. The van der Waals surface area contributed by atoms with Crippen molar-refractivity contribution in [3.8, 4) is 0 Å². The number of H-pyrrole nitrogens is 1. The third kappa shape index (κ3) is 5.68. The van der Waals surface area contributed by atoms with Crippen molar-refractivity contribution in [3.05, 3.63) is 81.1 Å². The van der Waals surface area contributed by atoms with E-state index in [1.165, 1.54) is 21.6 Å². The molecular formula is C24H31N4OS+. The monoisotopic (exact) mass is 423 g/mol. The predicted molar refractivity (Wildman–Crippen MR) is 128 cm³/mol. The highest BCUT2D eigenvalue weighted by molar-refractivity contribution is 7.80. The number of aromatic amines is 1. The van der Waals surface area contributed by atoms with Crippen LogP contribution in [0, 0.1) is 13.8 Å². The molecule has 0 aliphatic rings. The van der Waals surface area contributed by atoms with Crippen molar-refractivity contribution in [2.75, 3.05) is 27.2 Å². The fourth-order valence-corrected chi connectivity index (χ4v) is 3.57. The Morgan fingerprint density at radius 3 is 2.50 bits per heavy atom. The molecule has 0 aliphatic heterocycles. The number of aromatic nitrogens is 1. The van der Waals surface area contributed by atoms with Crippen LogP contribution < -0.4 is 15.8 Å². The van der Waals surface area contributed by atoms with Crippen molar-refractivity contribution in [3.63, 3.8) is 0 Å². The van der Waals surface area contributed by atoms with Gasteiger partial charge in [-0.1, -0.05) is 30.3 Å². The zero-order valence-electron chi connectivity index (χ0n) is 18.2. The Morgan fingerprint density at radius 1 is 1.10 bits per heavy atom. The molecule has 30 heavy (non-hydrogen) atoms. The molecule has 1 heterocycles. The summed E-state index contributed by atoms with van der Waals surface area (Å²) >= 11 is 5.70. The first kappa shape index (κ1) is 22.0. The van der Waals surface area contributed by atoms with Crippen LogP contribution in [-0.2, 0) is 13.1 Å².